The fraction of sp³-hybridized carbons (Fsp3) is 0.571. The summed E-state index contributed by atoms with van der Waals surface area (Å²) in [6, 6.07) is 3.80. The lowest BCUT2D eigenvalue weighted by Gasteiger charge is -2.41. The summed E-state index contributed by atoms with van der Waals surface area (Å²) in [6.45, 7) is 2.90. The molecule has 6 heteroatoms. The molecule has 0 atom stereocenters. The number of aromatic nitrogens is 1. The van der Waals surface area contributed by atoms with Gasteiger partial charge in [-0.1, -0.05) is 11.6 Å². The number of ether oxygens (including phenoxy) is 1. The van der Waals surface area contributed by atoms with Crippen molar-refractivity contribution in [3.05, 3.63) is 23.4 Å². The van der Waals surface area contributed by atoms with Crippen LogP contribution in [-0.4, -0.2) is 42.7 Å². The van der Waals surface area contributed by atoms with Gasteiger partial charge >= 0.3 is 0 Å². The summed E-state index contributed by atoms with van der Waals surface area (Å²) < 4.78 is 5.95. The highest BCUT2D eigenvalue weighted by molar-refractivity contribution is 6.30. The van der Waals surface area contributed by atoms with Crippen LogP contribution >= 0.6 is 11.6 Å². The van der Waals surface area contributed by atoms with Crippen LogP contribution in [0.4, 0.5) is 5.82 Å². The van der Waals surface area contributed by atoms with Gasteiger partial charge in [-0.15, -0.1) is 0 Å². The van der Waals surface area contributed by atoms with E-state index in [9.17, 15) is 4.79 Å². The molecule has 0 bridgehead atoms. The number of pyridine rings is 1. The number of piperidine rings is 1. The molecule has 0 radical (unpaired) electrons. The lowest BCUT2D eigenvalue weighted by Crippen LogP contribution is -2.51. The van der Waals surface area contributed by atoms with E-state index >= 15 is 0 Å². The Morgan fingerprint density at radius 2 is 2.15 bits per heavy atom. The summed E-state index contributed by atoms with van der Waals surface area (Å²) in [5.41, 5.74) is -0.199. The summed E-state index contributed by atoms with van der Waals surface area (Å²) >= 11 is 5.86. The molecule has 2 saturated heterocycles. The van der Waals surface area contributed by atoms with Crippen LogP contribution in [0.15, 0.2) is 18.3 Å². The minimum atomic E-state index is -0.199. The molecular weight excluding hydrogens is 278 g/mol. The van der Waals surface area contributed by atoms with Gasteiger partial charge in [0.25, 0.3) is 0 Å². The van der Waals surface area contributed by atoms with Gasteiger partial charge in [-0.05, 0) is 25.0 Å². The van der Waals surface area contributed by atoms with Crippen molar-refractivity contribution in [3.8, 4) is 0 Å². The number of amides is 1. The molecule has 0 unspecified atom stereocenters. The molecule has 2 aliphatic rings. The Balaban J connectivity index is 1.64. The number of halogens is 1. The second kappa shape index (κ2) is 5.58. The molecule has 2 aliphatic heterocycles. The number of hydrogen-bond donors (Lipinski definition) is 1. The minimum Gasteiger partial charge on any atom is -0.372 e. The molecule has 1 aromatic heterocycles. The molecule has 0 aromatic carbocycles. The summed E-state index contributed by atoms with van der Waals surface area (Å²) in [6.07, 6.45) is 3.93. The molecule has 5 nitrogen and oxygen atoms in total. The van der Waals surface area contributed by atoms with Crippen LogP contribution in [0.3, 0.4) is 0 Å². The third-order valence-electron chi connectivity index (χ3n) is 4.06. The van der Waals surface area contributed by atoms with Crippen molar-refractivity contribution in [1.29, 1.82) is 0 Å². The quantitative estimate of drug-likeness (QED) is 0.855. The Labute approximate surface area is 123 Å². The molecule has 1 aromatic rings. The van der Waals surface area contributed by atoms with E-state index in [1.807, 2.05) is 12.1 Å². The van der Waals surface area contributed by atoms with Crippen molar-refractivity contribution in [2.24, 2.45) is 0 Å². The van der Waals surface area contributed by atoms with E-state index in [2.05, 4.69) is 15.2 Å². The molecule has 20 heavy (non-hydrogen) atoms. The van der Waals surface area contributed by atoms with Gasteiger partial charge in [0, 0.05) is 32.3 Å². The van der Waals surface area contributed by atoms with Gasteiger partial charge in [-0.3, -0.25) is 4.79 Å². The maximum absolute atomic E-state index is 11.4. The van der Waals surface area contributed by atoms with Crippen molar-refractivity contribution >= 4 is 23.3 Å². The molecule has 0 saturated carbocycles. The SMILES string of the molecule is O=C1CCOC2(CCN(c3ccc(Cl)cn3)CC2)CN1. The first-order chi connectivity index (χ1) is 9.67. The zero-order valence-corrected chi connectivity index (χ0v) is 12.0. The van der Waals surface area contributed by atoms with Crippen molar-refractivity contribution in [2.45, 2.75) is 24.9 Å². The Bertz CT molecular complexity index is 484. The summed E-state index contributed by atoms with van der Waals surface area (Å²) in [4.78, 5) is 18.0. The fourth-order valence-corrected chi connectivity index (χ4v) is 2.89. The molecule has 108 valence electrons. The van der Waals surface area contributed by atoms with Crippen molar-refractivity contribution < 1.29 is 9.53 Å². The highest BCUT2D eigenvalue weighted by Crippen LogP contribution is 2.29. The van der Waals surface area contributed by atoms with E-state index in [1.54, 1.807) is 6.20 Å². The smallest absolute Gasteiger partial charge is 0.222 e. The topological polar surface area (TPSA) is 54.5 Å². The summed E-state index contributed by atoms with van der Waals surface area (Å²) in [5, 5.41) is 3.60. The summed E-state index contributed by atoms with van der Waals surface area (Å²) in [7, 11) is 0. The van der Waals surface area contributed by atoms with Gasteiger partial charge in [0.05, 0.1) is 17.2 Å². The third-order valence-corrected chi connectivity index (χ3v) is 4.28. The molecule has 1 amide bonds. The normalized spacial score (nSPS) is 22.4. The molecule has 2 fully saturated rings. The van der Waals surface area contributed by atoms with Crippen molar-refractivity contribution in [2.75, 3.05) is 31.1 Å². The first kappa shape index (κ1) is 13.6. The zero-order valence-electron chi connectivity index (χ0n) is 11.3. The van der Waals surface area contributed by atoms with Gasteiger partial charge < -0.3 is 15.0 Å². The number of nitrogens with one attached hydrogen (secondary N) is 1. The highest BCUT2D eigenvalue weighted by Gasteiger charge is 2.37. The maximum Gasteiger partial charge on any atom is 0.222 e. The Morgan fingerprint density at radius 1 is 1.35 bits per heavy atom. The molecule has 1 N–H and O–H groups in total. The molecule has 0 aliphatic carbocycles. The van der Waals surface area contributed by atoms with Crippen molar-refractivity contribution in [3.63, 3.8) is 0 Å². The van der Waals surface area contributed by atoms with Crippen molar-refractivity contribution in [1.82, 2.24) is 10.3 Å². The average molecular weight is 296 g/mol. The summed E-state index contributed by atoms with van der Waals surface area (Å²) in [5.74, 6) is 1.03. The predicted octanol–water partition coefficient (Wildman–Crippen LogP) is 1.61. The lowest BCUT2D eigenvalue weighted by molar-refractivity contribution is -0.120. The lowest BCUT2D eigenvalue weighted by atomic mass is 9.91. The molecular formula is C14H18ClN3O2. The van der Waals surface area contributed by atoms with Gasteiger partial charge in [0.15, 0.2) is 0 Å². The monoisotopic (exact) mass is 295 g/mol. The Kier molecular flexibility index (Phi) is 3.81. The van der Waals surface area contributed by atoms with E-state index in [4.69, 9.17) is 16.3 Å². The van der Waals surface area contributed by atoms with Crippen LogP contribution in [0.5, 0.6) is 0 Å². The van der Waals surface area contributed by atoms with Crippen LogP contribution in [0.25, 0.3) is 0 Å². The second-order valence-electron chi connectivity index (χ2n) is 5.38. The Hall–Kier alpha value is -1.33. The Morgan fingerprint density at radius 3 is 2.85 bits per heavy atom. The van der Waals surface area contributed by atoms with Crippen LogP contribution in [0, 0.1) is 0 Å². The average Bonchev–Trinajstić information content (AvgIpc) is 2.64. The van der Waals surface area contributed by atoms with E-state index in [0.717, 1.165) is 31.7 Å². The van der Waals surface area contributed by atoms with Gasteiger partial charge in [-0.2, -0.15) is 0 Å². The number of nitrogens with zero attached hydrogens (tertiary/aromatic N) is 2. The number of carbonyl (C=O) groups excluding carboxylic acids is 1. The molecule has 1 spiro atoms. The van der Waals surface area contributed by atoms with Gasteiger partial charge in [-0.25, -0.2) is 4.98 Å². The van der Waals surface area contributed by atoms with Crippen LogP contribution in [0.2, 0.25) is 5.02 Å². The van der Waals surface area contributed by atoms with Gasteiger partial charge in [0.2, 0.25) is 5.91 Å². The minimum absolute atomic E-state index is 0.0867. The standard InChI is InChI=1S/C14H18ClN3O2/c15-11-1-2-12(16-9-11)18-6-4-14(5-7-18)10-17-13(19)3-8-20-14/h1-2,9H,3-8,10H2,(H,17,19). The largest absolute Gasteiger partial charge is 0.372 e. The first-order valence-corrected chi connectivity index (χ1v) is 7.32. The maximum atomic E-state index is 11.4. The number of hydrogen-bond acceptors (Lipinski definition) is 4. The first-order valence-electron chi connectivity index (χ1n) is 6.94. The van der Waals surface area contributed by atoms with Crippen LogP contribution in [-0.2, 0) is 9.53 Å². The van der Waals surface area contributed by atoms with E-state index < -0.39 is 0 Å². The highest BCUT2D eigenvalue weighted by atomic mass is 35.5. The van der Waals surface area contributed by atoms with E-state index in [1.165, 1.54) is 0 Å². The second-order valence-corrected chi connectivity index (χ2v) is 5.82. The van der Waals surface area contributed by atoms with Crippen LogP contribution in [0.1, 0.15) is 19.3 Å². The van der Waals surface area contributed by atoms with Crippen LogP contribution < -0.4 is 10.2 Å². The molecule has 3 rings (SSSR count). The number of anilines is 1. The fourth-order valence-electron chi connectivity index (χ4n) is 2.78. The third kappa shape index (κ3) is 2.88. The van der Waals surface area contributed by atoms with E-state index in [0.29, 0.717) is 24.6 Å². The molecule has 3 heterocycles. The number of rotatable bonds is 1. The van der Waals surface area contributed by atoms with Gasteiger partial charge in [0.1, 0.15) is 5.82 Å². The van der Waals surface area contributed by atoms with E-state index in [-0.39, 0.29) is 11.5 Å². The predicted molar refractivity (Wildman–Crippen MR) is 77.0 cm³/mol. The zero-order chi connectivity index (χ0) is 14.0. The number of carbonyl (C=O) groups is 1.